The molecule has 0 spiro atoms. The zero-order valence-electron chi connectivity index (χ0n) is 8.05. The zero-order valence-corrected chi connectivity index (χ0v) is 8.05. The lowest BCUT2D eigenvalue weighted by molar-refractivity contribution is -0.306. The highest BCUT2D eigenvalue weighted by Crippen LogP contribution is 2.12. The molecule has 0 saturated carbocycles. The summed E-state index contributed by atoms with van der Waals surface area (Å²) in [5, 5.41) is 18.5. The van der Waals surface area contributed by atoms with E-state index in [1.54, 1.807) is 0 Å². The molecule has 0 aliphatic rings. The number of carboxylic acid groups (broad SMARTS) is 1. The molecule has 0 N–H and O–H groups in total. The summed E-state index contributed by atoms with van der Waals surface area (Å²) in [6, 6.07) is 5.36. The molecule has 5 nitrogen and oxygen atoms in total. The number of carbonyl (C=O) groups excluding carboxylic acids is 1. The molecular weight excluding hydrogens is 201 g/mol. The van der Waals surface area contributed by atoms with Gasteiger partial charge in [0, 0.05) is 7.05 Å². The van der Waals surface area contributed by atoms with Gasteiger partial charge in [0.05, 0.1) is 18.2 Å². The summed E-state index contributed by atoms with van der Waals surface area (Å²) in [6.45, 7) is -0.343. The Morgan fingerprint density at radius 2 is 2.07 bits per heavy atom. The molecule has 0 atom stereocenters. The van der Waals surface area contributed by atoms with Gasteiger partial charge in [0.2, 0.25) is 0 Å². The molecule has 0 fully saturated rings. The molecule has 0 bridgehead atoms. The lowest BCUT2D eigenvalue weighted by Gasteiger charge is -2.10. The molecule has 0 saturated heterocycles. The van der Waals surface area contributed by atoms with Gasteiger partial charge in [-0.2, -0.15) is 0 Å². The molecule has 0 heterocycles. The van der Waals surface area contributed by atoms with Crippen molar-refractivity contribution in [2.75, 3.05) is 13.6 Å². The fourth-order valence-corrected chi connectivity index (χ4v) is 0.854. The molecule has 1 rings (SSSR count). The monoisotopic (exact) mass is 210 g/mol. The van der Waals surface area contributed by atoms with Crippen LogP contribution in [0.25, 0.3) is 0 Å². The highest BCUT2D eigenvalue weighted by Gasteiger charge is 1.94. The molecule has 0 aliphatic heterocycles. The number of carboxylic acids is 1. The van der Waals surface area contributed by atoms with Crippen molar-refractivity contribution in [1.82, 2.24) is 5.01 Å². The van der Waals surface area contributed by atoms with E-state index in [0.717, 1.165) is 5.01 Å². The van der Waals surface area contributed by atoms with Crippen molar-refractivity contribution in [2.24, 2.45) is 10.3 Å². The van der Waals surface area contributed by atoms with E-state index in [4.69, 9.17) is 0 Å². The van der Waals surface area contributed by atoms with Gasteiger partial charge < -0.3 is 9.90 Å². The Kier molecular flexibility index (Phi) is 3.73. The van der Waals surface area contributed by atoms with Crippen LogP contribution in [0.2, 0.25) is 0 Å². The third-order valence-electron chi connectivity index (χ3n) is 1.50. The summed E-state index contributed by atoms with van der Waals surface area (Å²) in [4.78, 5) is 10.2. The fourth-order valence-electron chi connectivity index (χ4n) is 0.854. The lowest BCUT2D eigenvalue weighted by Crippen LogP contribution is -2.33. The van der Waals surface area contributed by atoms with Crippen molar-refractivity contribution >= 4 is 11.7 Å². The maximum Gasteiger partial charge on any atom is 0.123 e. The minimum absolute atomic E-state index is 0.343. The average molecular weight is 210 g/mol. The van der Waals surface area contributed by atoms with Gasteiger partial charge in [-0.25, -0.2) is 4.39 Å². The van der Waals surface area contributed by atoms with Gasteiger partial charge in [0.1, 0.15) is 5.82 Å². The maximum atomic E-state index is 12.5. The maximum absolute atomic E-state index is 12.5. The van der Waals surface area contributed by atoms with E-state index in [0.29, 0.717) is 5.69 Å². The van der Waals surface area contributed by atoms with Gasteiger partial charge in [0.15, 0.2) is 0 Å². The van der Waals surface area contributed by atoms with Gasteiger partial charge in [-0.05, 0) is 24.3 Å². The second-order valence-electron chi connectivity index (χ2n) is 2.85. The first-order valence-electron chi connectivity index (χ1n) is 4.16. The molecule has 80 valence electrons. The quantitative estimate of drug-likeness (QED) is 0.537. The van der Waals surface area contributed by atoms with Crippen molar-refractivity contribution in [3.63, 3.8) is 0 Å². The van der Waals surface area contributed by atoms with Gasteiger partial charge in [-0.1, -0.05) is 5.22 Å². The molecule has 6 heteroatoms. The first kappa shape index (κ1) is 11.1. The van der Waals surface area contributed by atoms with Crippen molar-refractivity contribution in [3.05, 3.63) is 30.1 Å². The molecule has 15 heavy (non-hydrogen) atoms. The Bertz CT molecular complexity index is 364. The van der Waals surface area contributed by atoms with Crippen LogP contribution in [-0.2, 0) is 4.79 Å². The van der Waals surface area contributed by atoms with E-state index < -0.39 is 5.97 Å². The Morgan fingerprint density at radius 1 is 1.47 bits per heavy atom. The second-order valence-corrected chi connectivity index (χ2v) is 2.85. The van der Waals surface area contributed by atoms with Crippen molar-refractivity contribution in [1.29, 1.82) is 0 Å². The number of likely N-dealkylation sites (N-methyl/N-ethyl adjacent to an activating group) is 1. The molecule has 0 radical (unpaired) electrons. The lowest BCUT2D eigenvalue weighted by atomic mass is 10.3. The van der Waals surface area contributed by atoms with E-state index >= 15 is 0 Å². The summed E-state index contributed by atoms with van der Waals surface area (Å²) >= 11 is 0. The molecule has 1 aromatic carbocycles. The Balaban J connectivity index is 2.57. The van der Waals surface area contributed by atoms with E-state index in [-0.39, 0.29) is 12.4 Å². The predicted octanol–water partition coefficient (Wildman–Crippen LogP) is 0.506. The normalized spacial score (nSPS) is 10.5. The first-order chi connectivity index (χ1) is 7.08. The fraction of sp³-hybridized carbons (Fsp3) is 0.222. The summed E-state index contributed by atoms with van der Waals surface area (Å²) in [7, 11) is 1.45. The second kappa shape index (κ2) is 5.04. The molecular formula is C9H9FN3O2-. The smallest absolute Gasteiger partial charge is 0.123 e. The standard InChI is InChI=1S/C9H10FN3O2/c1-13(6-9(14)15)12-11-8-4-2-7(10)3-5-8/h2-5H,6H2,1H3,(H,14,15)/p-1. The van der Waals surface area contributed by atoms with Crippen molar-refractivity contribution in [2.45, 2.75) is 0 Å². The molecule has 0 unspecified atom stereocenters. The van der Waals surface area contributed by atoms with Crippen LogP contribution in [0.3, 0.4) is 0 Å². The van der Waals surface area contributed by atoms with Gasteiger partial charge >= 0.3 is 0 Å². The van der Waals surface area contributed by atoms with E-state index in [2.05, 4.69) is 10.3 Å². The first-order valence-corrected chi connectivity index (χ1v) is 4.16. The number of hydrogen-bond donors (Lipinski definition) is 0. The number of halogens is 1. The molecule has 1 aromatic rings. The van der Waals surface area contributed by atoms with Gasteiger partial charge in [0.25, 0.3) is 0 Å². The van der Waals surface area contributed by atoms with Gasteiger partial charge in [-0.3, -0.25) is 5.01 Å². The van der Waals surface area contributed by atoms with Crippen LogP contribution in [0.5, 0.6) is 0 Å². The number of carbonyl (C=O) groups is 1. The molecule has 0 aliphatic carbocycles. The van der Waals surface area contributed by atoms with E-state index in [1.807, 2.05) is 0 Å². The molecule has 0 aromatic heterocycles. The predicted molar refractivity (Wildman–Crippen MR) is 48.6 cm³/mol. The molecule has 0 amide bonds. The number of rotatable bonds is 4. The van der Waals surface area contributed by atoms with Crippen LogP contribution in [0.4, 0.5) is 10.1 Å². The summed E-state index contributed by atoms with van der Waals surface area (Å²) < 4.78 is 12.5. The topological polar surface area (TPSA) is 68.1 Å². The zero-order chi connectivity index (χ0) is 11.3. The number of aliphatic carboxylic acids is 1. The Morgan fingerprint density at radius 3 is 2.60 bits per heavy atom. The van der Waals surface area contributed by atoms with Crippen LogP contribution >= 0.6 is 0 Å². The summed E-state index contributed by atoms with van der Waals surface area (Å²) in [5.74, 6) is -1.60. The van der Waals surface area contributed by atoms with Crippen LogP contribution < -0.4 is 5.11 Å². The SMILES string of the molecule is CN(CC(=O)[O-])N=Nc1ccc(F)cc1. The van der Waals surface area contributed by atoms with Crippen LogP contribution in [0, 0.1) is 5.82 Å². The highest BCUT2D eigenvalue weighted by atomic mass is 19.1. The van der Waals surface area contributed by atoms with E-state index in [9.17, 15) is 14.3 Å². The van der Waals surface area contributed by atoms with E-state index in [1.165, 1.54) is 31.3 Å². The minimum atomic E-state index is -1.24. The number of hydrogen-bond acceptors (Lipinski definition) is 4. The van der Waals surface area contributed by atoms with Crippen LogP contribution in [-0.4, -0.2) is 24.6 Å². The third-order valence-corrected chi connectivity index (χ3v) is 1.50. The average Bonchev–Trinajstić information content (AvgIpc) is 2.16. The van der Waals surface area contributed by atoms with Crippen molar-refractivity contribution < 1.29 is 14.3 Å². The minimum Gasteiger partial charge on any atom is -0.548 e. The summed E-state index contributed by atoms with van der Waals surface area (Å²) in [6.07, 6.45) is 0. The number of nitrogens with zero attached hydrogens (tertiary/aromatic N) is 3. The van der Waals surface area contributed by atoms with Crippen molar-refractivity contribution in [3.8, 4) is 0 Å². The highest BCUT2D eigenvalue weighted by molar-refractivity contribution is 5.66. The van der Waals surface area contributed by atoms with Crippen LogP contribution in [0.1, 0.15) is 0 Å². The number of benzene rings is 1. The van der Waals surface area contributed by atoms with Crippen LogP contribution in [0.15, 0.2) is 34.6 Å². The largest absolute Gasteiger partial charge is 0.548 e. The van der Waals surface area contributed by atoms with Gasteiger partial charge in [-0.15, -0.1) is 5.11 Å². The Hall–Kier alpha value is -1.98. The summed E-state index contributed by atoms with van der Waals surface area (Å²) in [5.41, 5.74) is 0.446. The Labute approximate surface area is 85.8 Å². The third kappa shape index (κ3) is 4.17.